The number of unbranched alkanes of at least 4 members (excludes halogenated alkanes) is 3. The molecule has 1 heterocycles. The lowest BCUT2D eigenvalue weighted by molar-refractivity contribution is -0.111. The molecule has 0 aliphatic heterocycles. The summed E-state index contributed by atoms with van der Waals surface area (Å²) in [5.74, 6) is -1.40. The monoisotopic (exact) mass is 406 g/mol. The van der Waals surface area contributed by atoms with E-state index in [1.165, 1.54) is 10.6 Å². The highest BCUT2D eigenvalue weighted by Gasteiger charge is 2.16. The largest absolute Gasteiger partial charge is 0.504 e. The Hall–Kier alpha value is -3.54. The molecule has 156 valence electrons. The quantitative estimate of drug-likeness (QED) is 0.375. The predicted molar refractivity (Wildman–Crippen MR) is 120 cm³/mol. The summed E-state index contributed by atoms with van der Waals surface area (Å²) in [5, 5.41) is 23.4. The molecule has 1 amide bonds. The number of nitrogens with zero attached hydrogens (tertiary/aromatic N) is 1. The normalized spacial score (nSPS) is 11.2. The average Bonchev–Trinajstić information content (AvgIpc) is 2.76. The lowest BCUT2D eigenvalue weighted by Crippen LogP contribution is -2.20. The van der Waals surface area contributed by atoms with Crippen molar-refractivity contribution in [2.45, 2.75) is 39.2 Å². The molecule has 0 radical (unpaired) electrons. The first-order valence-corrected chi connectivity index (χ1v) is 10.1. The molecule has 0 atom stereocenters. The van der Waals surface area contributed by atoms with Crippen LogP contribution in [0.4, 0.5) is 5.69 Å². The smallest absolute Gasteiger partial charge is 0.297 e. The van der Waals surface area contributed by atoms with Crippen LogP contribution >= 0.6 is 0 Å². The van der Waals surface area contributed by atoms with Gasteiger partial charge in [0.25, 0.3) is 5.56 Å². The lowest BCUT2D eigenvalue weighted by Gasteiger charge is -2.14. The number of fused-ring (bicyclic) bond motifs is 1. The maximum atomic E-state index is 12.5. The number of aryl methyl sites for hydroxylation is 1. The molecule has 0 aliphatic rings. The van der Waals surface area contributed by atoms with Gasteiger partial charge in [-0.3, -0.25) is 9.59 Å². The van der Waals surface area contributed by atoms with Crippen LogP contribution in [-0.4, -0.2) is 20.7 Å². The fourth-order valence-corrected chi connectivity index (χ4v) is 3.34. The van der Waals surface area contributed by atoms with Crippen molar-refractivity contribution in [2.75, 3.05) is 5.32 Å². The van der Waals surface area contributed by atoms with Crippen LogP contribution < -0.4 is 10.9 Å². The van der Waals surface area contributed by atoms with Gasteiger partial charge < -0.3 is 20.1 Å². The Morgan fingerprint density at radius 3 is 2.53 bits per heavy atom. The standard InChI is InChI=1S/C24H26N2O4/c1-2-3-4-8-15-26-20-16-18(12-13-19(20)22(28)23(29)24(26)30)25-21(27)14-11-17-9-6-5-7-10-17/h5-7,9-14,16,28-29H,2-4,8,15H2,1H3,(H,25,27)/b14-11+. The second kappa shape index (κ2) is 9.78. The highest BCUT2D eigenvalue weighted by molar-refractivity contribution is 6.03. The molecule has 0 unspecified atom stereocenters. The molecule has 0 aliphatic carbocycles. The van der Waals surface area contributed by atoms with Gasteiger partial charge in [-0.25, -0.2) is 0 Å². The Labute approximate surface area is 175 Å². The van der Waals surface area contributed by atoms with E-state index in [0.29, 0.717) is 23.1 Å². The van der Waals surface area contributed by atoms with Crippen LogP contribution in [0.25, 0.3) is 17.0 Å². The van der Waals surface area contributed by atoms with Crippen molar-refractivity contribution >= 4 is 28.6 Å². The summed E-state index contributed by atoms with van der Waals surface area (Å²) in [4.78, 5) is 24.8. The maximum Gasteiger partial charge on any atom is 0.297 e. The molecule has 6 heteroatoms. The molecular weight excluding hydrogens is 380 g/mol. The van der Waals surface area contributed by atoms with Gasteiger partial charge in [-0.15, -0.1) is 0 Å². The fourth-order valence-electron chi connectivity index (χ4n) is 3.34. The molecule has 0 fully saturated rings. The molecule has 3 aromatic rings. The molecule has 0 saturated carbocycles. The molecule has 3 rings (SSSR count). The molecule has 0 bridgehead atoms. The summed E-state index contributed by atoms with van der Waals surface area (Å²) in [6.45, 7) is 2.53. The summed E-state index contributed by atoms with van der Waals surface area (Å²) < 4.78 is 1.45. The van der Waals surface area contributed by atoms with Crippen LogP contribution in [0.5, 0.6) is 11.5 Å². The fraction of sp³-hybridized carbons (Fsp3) is 0.250. The number of benzene rings is 2. The van der Waals surface area contributed by atoms with Gasteiger partial charge in [0.05, 0.1) is 5.52 Å². The summed E-state index contributed by atoms with van der Waals surface area (Å²) in [6.07, 6.45) is 7.03. The minimum absolute atomic E-state index is 0.307. The number of anilines is 1. The van der Waals surface area contributed by atoms with Gasteiger partial charge in [0.1, 0.15) is 0 Å². The molecule has 30 heavy (non-hydrogen) atoms. The zero-order chi connectivity index (χ0) is 21.5. The Bertz CT molecular complexity index is 1120. The average molecular weight is 406 g/mol. The highest BCUT2D eigenvalue weighted by atomic mass is 16.3. The number of carbonyl (C=O) groups is 1. The van der Waals surface area contributed by atoms with Crippen molar-refractivity contribution in [1.29, 1.82) is 0 Å². The van der Waals surface area contributed by atoms with Crippen molar-refractivity contribution in [2.24, 2.45) is 0 Å². The van der Waals surface area contributed by atoms with E-state index in [0.717, 1.165) is 31.2 Å². The van der Waals surface area contributed by atoms with Gasteiger partial charge in [0, 0.05) is 23.7 Å². The van der Waals surface area contributed by atoms with Crippen LogP contribution in [0.2, 0.25) is 0 Å². The first-order chi connectivity index (χ1) is 14.5. The molecular formula is C24H26N2O4. The van der Waals surface area contributed by atoms with Gasteiger partial charge >= 0.3 is 0 Å². The number of rotatable bonds is 8. The third kappa shape index (κ3) is 4.89. The zero-order valence-corrected chi connectivity index (χ0v) is 17.0. The molecule has 3 N–H and O–H groups in total. The number of aromatic hydroxyl groups is 2. The number of nitrogens with one attached hydrogen (secondary N) is 1. The topological polar surface area (TPSA) is 91.6 Å². The van der Waals surface area contributed by atoms with E-state index in [1.54, 1.807) is 24.3 Å². The van der Waals surface area contributed by atoms with E-state index in [4.69, 9.17) is 0 Å². The highest BCUT2D eigenvalue weighted by Crippen LogP contribution is 2.32. The predicted octanol–water partition coefficient (Wildman–Crippen LogP) is 4.64. The number of carbonyl (C=O) groups excluding carboxylic acids is 1. The SMILES string of the molecule is CCCCCCn1c(=O)c(O)c(O)c2ccc(NC(=O)/C=C/c3ccccc3)cc21. The summed E-state index contributed by atoms with van der Waals surface area (Å²) >= 11 is 0. The summed E-state index contributed by atoms with van der Waals surface area (Å²) in [6, 6.07) is 14.3. The Morgan fingerprint density at radius 2 is 1.80 bits per heavy atom. The summed E-state index contributed by atoms with van der Waals surface area (Å²) in [7, 11) is 0. The lowest BCUT2D eigenvalue weighted by atomic mass is 10.1. The van der Waals surface area contributed by atoms with Gasteiger partial charge in [-0.2, -0.15) is 0 Å². The van der Waals surface area contributed by atoms with Crippen molar-refractivity contribution in [3.63, 3.8) is 0 Å². The van der Waals surface area contributed by atoms with Gasteiger partial charge in [-0.05, 0) is 36.3 Å². The van der Waals surface area contributed by atoms with Crippen LogP contribution in [-0.2, 0) is 11.3 Å². The first kappa shape index (κ1) is 21.2. The van der Waals surface area contributed by atoms with E-state index < -0.39 is 17.1 Å². The van der Waals surface area contributed by atoms with Crippen molar-refractivity contribution < 1.29 is 15.0 Å². The maximum absolute atomic E-state index is 12.5. The third-order valence-corrected chi connectivity index (χ3v) is 4.95. The van der Waals surface area contributed by atoms with Crippen LogP contribution in [0, 0.1) is 0 Å². The van der Waals surface area contributed by atoms with E-state index >= 15 is 0 Å². The zero-order valence-electron chi connectivity index (χ0n) is 17.0. The number of hydrogen-bond donors (Lipinski definition) is 3. The molecule has 0 saturated heterocycles. The Balaban J connectivity index is 1.88. The van der Waals surface area contributed by atoms with Crippen LogP contribution in [0.1, 0.15) is 38.2 Å². The van der Waals surface area contributed by atoms with Gasteiger partial charge in [0.2, 0.25) is 11.7 Å². The first-order valence-electron chi connectivity index (χ1n) is 10.1. The minimum Gasteiger partial charge on any atom is -0.504 e. The third-order valence-electron chi connectivity index (χ3n) is 4.95. The Morgan fingerprint density at radius 1 is 1.03 bits per heavy atom. The van der Waals surface area contributed by atoms with E-state index in [9.17, 15) is 19.8 Å². The molecule has 2 aromatic carbocycles. The van der Waals surface area contributed by atoms with Crippen molar-refractivity contribution in [3.05, 3.63) is 70.5 Å². The molecule has 6 nitrogen and oxygen atoms in total. The number of pyridine rings is 1. The minimum atomic E-state index is -0.652. The number of hydrogen-bond acceptors (Lipinski definition) is 4. The Kier molecular flexibility index (Phi) is 6.91. The van der Waals surface area contributed by atoms with E-state index in [-0.39, 0.29) is 5.91 Å². The van der Waals surface area contributed by atoms with Gasteiger partial charge in [-0.1, -0.05) is 56.5 Å². The van der Waals surface area contributed by atoms with Crippen molar-refractivity contribution in [3.8, 4) is 11.5 Å². The summed E-state index contributed by atoms with van der Waals surface area (Å²) in [5.41, 5.74) is 1.24. The molecule has 0 spiro atoms. The molecule has 1 aromatic heterocycles. The van der Waals surface area contributed by atoms with Crippen molar-refractivity contribution in [1.82, 2.24) is 4.57 Å². The van der Waals surface area contributed by atoms with E-state index in [2.05, 4.69) is 12.2 Å². The second-order valence-electron chi connectivity index (χ2n) is 7.18. The number of aromatic nitrogens is 1. The van der Waals surface area contributed by atoms with Gasteiger partial charge in [0.15, 0.2) is 5.75 Å². The van der Waals surface area contributed by atoms with Crippen LogP contribution in [0.3, 0.4) is 0 Å². The van der Waals surface area contributed by atoms with Crippen LogP contribution in [0.15, 0.2) is 59.4 Å². The van der Waals surface area contributed by atoms with E-state index in [1.807, 2.05) is 30.3 Å². The second-order valence-corrected chi connectivity index (χ2v) is 7.18. The number of amides is 1.